The lowest BCUT2D eigenvalue weighted by molar-refractivity contribution is -0.137. The van der Waals surface area contributed by atoms with Crippen molar-refractivity contribution in [2.45, 2.75) is 25.7 Å². The van der Waals surface area contributed by atoms with Crippen LogP contribution in [0.3, 0.4) is 0 Å². The molecule has 0 fully saturated rings. The third-order valence-corrected chi connectivity index (χ3v) is 4.69. The first kappa shape index (κ1) is 15.9. The maximum absolute atomic E-state index is 12.4. The highest BCUT2D eigenvalue weighted by atomic mass is 32.2. The van der Waals surface area contributed by atoms with Crippen LogP contribution in [0, 0.1) is 0 Å². The van der Waals surface area contributed by atoms with Crippen molar-refractivity contribution in [3.63, 3.8) is 0 Å². The van der Waals surface area contributed by atoms with Crippen molar-refractivity contribution in [2.24, 2.45) is 0 Å². The number of amides is 1. The van der Waals surface area contributed by atoms with Gasteiger partial charge in [0.15, 0.2) is 0 Å². The summed E-state index contributed by atoms with van der Waals surface area (Å²) in [5.41, 5.74) is 2.29. The topological polar surface area (TPSA) is 46.6 Å². The van der Waals surface area contributed by atoms with Crippen LogP contribution in [0.2, 0.25) is 0 Å². The molecule has 0 N–H and O–H groups in total. The van der Waals surface area contributed by atoms with Gasteiger partial charge in [-0.1, -0.05) is 25.1 Å². The van der Waals surface area contributed by atoms with Gasteiger partial charge < -0.3 is 9.64 Å². The highest BCUT2D eigenvalue weighted by Crippen LogP contribution is 2.35. The lowest BCUT2D eigenvalue weighted by Crippen LogP contribution is -2.36. The largest absolute Gasteiger partial charge is 0.468 e. The van der Waals surface area contributed by atoms with Gasteiger partial charge in [0.2, 0.25) is 5.91 Å². The Morgan fingerprint density at radius 3 is 2.90 bits per heavy atom. The Balaban J connectivity index is 1.92. The molecule has 1 heterocycles. The molecule has 0 bridgehead atoms. The lowest BCUT2D eigenvalue weighted by atomic mass is 9.91. The van der Waals surface area contributed by atoms with Gasteiger partial charge in [0.1, 0.15) is 0 Å². The molecule has 0 aromatic heterocycles. The zero-order valence-electron chi connectivity index (χ0n) is 12.5. The van der Waals surface area contributed by atoms with Crippen LogP contribution < -0.4 is 4.90 Å². The molecule has 1 aromatic rings. The molecule has 1 aliphatic rings. The fraction of sp³-hybridized carbons (Fsp3) is 0.500. The van der Waals surface area contributed by atoms with E-state index in [0.29, 0.717) is 23.8 Å². The predicted molar refractivity (Wildman–Crippen MR) is 85.8 cm³/mol. The Bertz CT molecular complexity index is 518. The lowest BCUT2D eigenvalue weighted by Gasteiger charge is -2.33. The van der Waals surface area contributed by atoms with Crippen molar-refractivity contribution in [1.82, 2.24) is 0 Å². The van der Waals surface area contributed by atoms with E-state index in [9.17, 15) is 9.59 Å². The van der Waals surface area contributed by atoms with Gasteiger partial charge in [-0.05, 0) is 24.0 Å². The summed E-state index contributed by atoms with van der Waals surface area (Å²) in [6.07, 6.45) is 1.45. The summed E-state index contributed by atoms with van der Waals surface area (Å²) in [6.45, 7) is 2.98. The number of carbonyl (C=O) groups excluding carboxylic acids is 2. The number of carbonyl (C=O) groups is 2. The van der Waals surface area contributed by atoms with Crippen molar-refractivity contribution in [3.05, 3.63) is 29.8 Å². The Labute approximate surface area is 129 Å². The number of para-hydroxylation sites is 1. The Kier molecular flexibility index (Phi) is 5.67. The fourth-order valence-electron chi connectivity index (χ4n) is 2.52. The number of esters is 1. The highest BCUT2D eigenvalue weighted by molar-refractivity contribution is 7.99. The molecular weight excluding hydrogens is 286 g/mol. The molecule has 0 saturated heterocycles. The third kappa shape index (κ3) is 4.00. The van der Waals surface area contributed by atoms with Crippen LogP contribution in [0.25, 0.3) is 0 Å². The Morgan fingerprint density at radius 1 is 1.38 bits per heavy atom. The van der Waals surface area contributed by atoms with Crippen molar-refractivity contribution >= 4 is 29.3 Å². The van der Waals surface area contributed by atoms with Gasteiger partial charge in [0.25, 0.3) is 0 Å². The molecular formula is C16H21NO3S. The second kappa shape index (κ2) is 7.50. The Hall–Kier alpha value is -1.49. The standard InChI is InChI=1S/C16H21NO3S/c1-12-7-9-17(14-6-4-3-5-13(12)14)15(18)8-10-21-11-16(19)20-2/h3-6,12H,7-11H2,1-2H3. The van der Waals surface area contributed by atoms with Crippen LogP contribution in [0.15, 0.2) is 24.3 Å². The van der Waals surface area contributed by atoms with Crippen molar-refractivity contribution in [1.29, 1.82) is 0 Å². The SMILES string of the molecule is COC(=O)CSCCC(=O)N1CCC(C)c2ccccc21. The van der Waals surface area contributed by atoms with Crippen LogP contribution in [0.5, 0.6) is 0 Å². The average molecular weight is 307 g/mol. The number of ether oxygens (including phenoxy) is 1. The van der Waals surface area contributed by atoms with E-state index in [4.69, 9.17) is 0 Å². The smallest absolute Gasteiger partial charge is 0.315 e. The van der Waals surface area contributed by atoms with Crippen LogP contribution >= 0.6 is 11.8 Å². The van der Waals surface area contributed by atoms with Gasteiger partial charge in [0.05, 0.1) is 12.9 Å². The number of thioether (sulfide) groups is 1. The number of anilines is 1. The van der Waals surface area contributed by atoms with E-state index >= 15 is 0 Å². The van der Waals surface area contributed by atoms with Gasteiger partial charge >= 0.3 is 5.97 Å². The number of methoxy groups -OCH3 is 1. The summed E-state index contributed by atoms with van der Waals surface area (Å²) in [7, 11) is 1.37. The molecule has 0 radical (unpaired) electrons. The van der Waals surface area contributed by atoms with E-state index in [0.717, 1.165) is 18.7 Å². The number of benzene rings is 1. The van der Waals surface area contributed by atoms with Crippen LogP contribution in [-0.2, 0) is 14.3 Å². The van der Waals surface area contributed by atoms with E-state index in [-0.39, 0.29) is 11.9 Å². The molecule has 21 heavy (non-hydrogen) atoms. The molecule has 1 aliphatic heterocycles. The summed E-state index contributed by atoms with van der Waals surface area (Å²) < 4.78 is 4.58. The van der Waals surface area contributed by atoms with E-state index in [1.165, 1.54) is 24.4 Å². The molecule has 0 saturated carbocycles. The highest BCUT2D eigenvalue weighted by Gasteiger charge is 2.25. The molecule has 1 atom stereocenters. The van der Waals surface area contributed by atoms with Gasteiger partial charge in [-0.15, -0.1) is 11.8 Å². The minimum absolute atomic E-state index is 0.131. The maximum atomic E-state index is 12.4. The molecule has 1 aromatic carbocycles. The summed E-state index contributed by atoms with van der Waals surface area (Å²) in [6, 6.07) is 8.12. The number of nitrogens with zero attached hydrogens (tertiary/aromatic N) is 1. The molecule has 1 amide bonds. The minimum Gasteiger partial charge on any atom is -0.468 e. The van der Waals surface area contributed by atoms with Gasteiger partial charge in [-0.2, -0.15) is 0 Å². The summed E-state index contributed by atoms with van der Waals surface area (Å²) in [5, 5.41) is 0. The van der Waals surface area contributed by atoms with Crippen LogP contribution in [-0.4, -0.2) is 37.0 Å². The molecule has 2 rings (SSSR count). The van der Waals surface area contributed by atoms with E-state index in [1.807, 2.05) is 23.1 Å². The number of rotatable bonds is 5. The van der Waals surface area contributed by atoms with Crippen LogP contribution in [0.1, 0.15) is 31.2 Å². The predicted octanol–water partition coefficient (Wildman–Crippen LogP) is 2.82. The van der Waals surface area contributed by atoms with E-state index in [2.05, 4.69) is 17.7 Å². The molecule has 4 nitrogen and oxygen atoms in total. The zero-order chi connectivity index (χ0) is 15.2. The number of hydrogen-bond acceptors (Lipinski definition) is 4. The second-order valence-electron chi connectivity index (χ2n) is 5.17. The van der Waals surface area contributed by atoms with Gasteiger partial charge in [-0.25, -0.2) is 0 Å². The zero-order valence-corrected chi connectivity index (χ0v) is 13.3. The number of hydrogen-bond donors (Lipinski definition) is 0. The normalized spacial score (nSPS) is 17.2. The Morgan fingerprint density at radius 2 is 2.14 bits per heavy atom. The molecule has 0 aliphatic carbocycles. The van der Waals surface area contributed by atoms with Gasteiger partial charge in [-0.3, -0.25) is 9.59 Å². The first-order valence-electron chi connectivity index (χ1n) is 7.17. The van der Waals surface area contributed by atoms with Crippen LogP contribution in [0.4, 0.5) is 5.69 Å². The van der Waals surface area contributed by atoms with E-state index < -0.39 is 0 Å². The first-order valence-corrected chi connectivity index (χ1v) is 8.32. The minimum atomic E-state index is -0.246. The second-order valence-corrected chi connectivity index (χ2v) is 6.28. The first-order chi connectivity index (χ1) is 10.1. The molecule has 114 valence electrons. The van der Waals surface area contributed by atoms with Gasteiger partial charge in [0, 0.05) is 24.4 Å². The summed E-state index contributed by atoms with van der Waals surface area (Å²) in [4.78, 5) is 25.3. The third-order valence-electron chi connectivity index (χ3n) is 3.75. The summed E-state index contributed by atoms with van der Waals surface area (Å²) >= 11 is 1.44. The number of fused-ring (bicyclic) bond motifs is 1. The van der Waals surface area contributed by atoms with Crippen molar-refractivity contribution in [3.8, 4) is 0 Å². The molecule has 1 unspecified atom stereocenters. The molecule has 0 spiro atoms. The quantitative estimate of drug-likeness (QED) is 0.620. The van der Waals surface area contributed by atoms with Crippen molar-refractivity contribution in [2.75, 3.05) is 30.1 Å². The average Bonchev–Trinajstić information content (AvgIpc) is 2.51. The maximum Gasteiger partial charge on any atom is 0.315 e. The van der Waals surface area contributed by atoms with E-state index in [1.54, 1.807) is 0 Å². The molecule has 5 heteroatoms. The summed E-state index contributed by atoms with van der Waals surface area (Å²) in [5.74, 6) is 1.33. The fourth-order valence-corrected chi connectivity index (χ4v) is 3.26. The van der Waals surface area contributed by atoms with Crippen molar-refractivity contribution < 1.29 is 14.3 Å². The monoisotopic (exact) mass is 307 g/mol.